The second kappa shape index (κ2) is 11.3. The summed E-state index contributed by atoms with van der Waals surface area (Å²) >= 11 is 6.03. The zero-order valence-corrected chi connectivity index (χ0v) is 20.8. The van der Waals surface area contributed by atoms with Gasteiger partial charge in [0.1, 0.15) is 17.5 Å². The Hall–Kier alpha value is -3.04. The monoisotopic (exact) mass is 519 g/mol. The van der Waals surface area contributed by atoms with Crippen LogP contribution in [-0.2, 0) is 4.79 Å². The zero-order valence-electron chi connectivity index (χ0n) is 20.1. The molecule has 0 bridgehead atoms. The van der Waals surface area contributed by atoms with Gasteiger partial charge in [0.15, 0.2) is 0 Å². The first kappa shape index (κ1) is 26.0. The summed E-state index contributed by atoms with van der Waals surface area (Å²) in [4.78, 5) is 22.5. The van der Waals surface area contributed by atoms with E-state index in [1.165, 1.54) is 17.0 Å². The fourth-order valence-electron chi connectivity index (χ4n) is 4.40. The number of rotatable bonds is 6. The van der Waals surface area contributed by atoms with Gasteiger partial charge in [-0.15, -0.1) is 0 Å². The van der Waals surface area contributed by atoms with Gasteiger partial charge in [0.05, 0.1) is 19.6 Å². The van der Waals surface area contributed by atoms with Gasteiger partial charge in [0.25, 0.3) is 5.92 Å². The lowest BCUT2D eigenvalue weighted by atomic mass is 10.1. The molecule has 2 aliphatic rings. The highest BCUT2D eigenvalue weighted by molar-refractivity contribution is 6.30. The molecule has 0 aromatic heterocycles. The Balaban J connectivity index is 1.51. The van der Waals surface area contributed by atoms with Crippen molar-refractivity contribution in [1.82, 2.24) is 14.7 Å². The molecule has 192 valence electrons. The normalized spacial score (nSPS) is 20.0. The number of aliphatic imine (C=N–C) groups is 1. The average Bonchev–Trinajstić information content (AvgIpc) is 2.85. The number of piperidine rings is 1. The third-order valence-corrected chi connectivity index (χ3v) is 6.51. The van der Waals surface area contributed by atoms with E-state index in [-0.39, 0.29) is 37.8 Å². The van der Waals surface area contributed by atoms with Crippen molar-refractivity contribution in [3.63, 3.8) is 0 Å². The number of amides is 1. The molecule has 0 atom stereocenters. The molecular formula is C26H29ClF3N5O. The zero-order chi connectivity index (χ0) is 25.7. The van der Waals surface area contributed by atoms with Gasteiger partial charge in [-0.25, -0.2) is 13.2 Å². The average molecular weight is 520 g/mol. The number of hydrogen-bond donors (Lipinski definition) is 1. The lowest BCUT2D eigenvalue weighted by molar-refractivity contribution is -0.135. The van der Waals surface area contributed by atoms with Crippen LogP contribution in [0.3, 0.4) is 0 Å². The fourth-order valence-corrected chi connectivity index (χ4v) is 4.53. The van der Waals surface area contributed by atoms with Gasteiger partial charge in [-0.2, -0.15) is 0 Å². The third kappa shape index (κ3) is 6.79. The maximum absolute atomic E-state index is 13.8. The molecule has 2 heterocycles. The summed E-state index contributed by atoms with van der Waals surface area (Å²) in [6.07, 6.45) is 2.13. The van der Waals surface area contributed by atoms with Crippen LogP contribution >= 0.6 is 11.6 Å². The second-order valence-electron chi connectivity index (χ2n) is 8.99. The molecule has 2 aromatic carbocycles. The summed E-state index contributed by atoms with van der Waals surface area (Å²) in [7, 11) is 1.65. The SMILES string of the molecule is CN=C1CN(C(=O)CN2CCCC(F)(F)C2)CCN1/C(=C/c1ccc(F)cc1)Nc1ccc(Cl)cc1. The molecule has 2 fully saturated rings. The molecular weight excluding hydrogens is 491 g/mol. The number of nitrogens with zero attached hydrogens (tertiary/aromatic N) is 4. The van der Waals surface area contributed by atoms with Crippen molar-refractivity contribution in [3.05, 3.63) is 70.8 Å². The second-order valence-corrected chi connectivity index (χ2v) is 9.43. The smallest absolute Gasteiger partial charge is 0.260 e. The number of nitrogens with one attached hydrogen (secondary N) is 1. The van der Waals surface area contributed by atoms with Gasteiger partial charge in [0, 0.05) is 37.3 Å². The highest BCUT2D eigenvalue weighted by Crippen LogP contribution is 2.26. The maximum Gasteiger partial charge on any atom is 0.260 e. The minimum Gasteiger partial charge on any atom is -0.342 e. The van der Waals surface area contributed by atoms with Gasteiger partial charge in [-0.1, -0.05) is 23.7 Å². The summed E-state index contributed by atoms with van der Waals surface area (Å²) in [5.74, 6) is -1.92. The predicted molar refractivity (Wildman–Crippen MR) is 137 cm³/mol. The van der Waals surface area contributed by atoms with E-state index in [9.17, 15) is 18.0 Å². The van der Waals surface area contributed by atoms with Crippen molar-refractivity contribution in [3.8, 4) is 0 Å². The first-order valence-corrected chi connectivity index (χ1v) is 12.2. The number of alkyl halides is 2. The number of likely N-dealkylation sites (tertiary alicyclic amines) is 1. The van der Waals surface area contributed by atoms with Crippen molar-refractivity contribution in [2.24, 2.45) is 4.99 Å². The molecule has 0 aliphatic carbocycles. The van der Waals surface area contributed by atoms with E-state index in [0.717, 1.165) is 11.3 Å². The van der Waals surface area contributed by atoms with E-state index in [0.29, 0.717) is 42.7 Å². The van der Waals surface area contributed by atoms with E-state index < -0.39 is 5.92 Å². The highest BCUT2D eigenvalue weighted by atomic mass is 35.5. The third-order valence-electron chi connectivity index (χ3n) is 6.26. The first-order chi connectivity index (χ1) is 17.2. The molecule has 2 aliphatic heterocycles. The first-order valence-electron chi connectivity index (χ1n) is 11.8. The molecule has 10 heteroatoms. The van der Waals surface area contributed by atoms with Gasteiger partial charge >= 0.3 is 0 Å². The standard InChI is InChI=1S/C26H29ClF3N5O/c1-31-24-16-34(25(36)17-33-12-2-11-26(29,30)18-33)13-14-35(24)23(15-19-3-7-21(28)8-4-19)32-22-9-5-20(27)6-10-22/h3-10,15,32H,2,11-14,16-18H2,1H3/b23-15+,31-24?. The van der Waals surface area contributed by atoms with Crippen molar-refractivity contribution < 1.29 is 18.0 Å². The Morgan fingerprint density at radius 1 is 1.11 bits per heavy atom. The lowest BCUT2D eigenvalue weighted by Gasteiger charge is -2.39. The number of piperazine rings is 1. The minimum absolute atomic E-state index is 0.0338. The Morgan fingerprint density at radius 3 is 2.50 bits per heavy atom. The van der Waals surface area contributed by atoms with Crippen molar-refractivity contribution >= 4 is 35.1 Å². The van der Waals surface area contributed by atoms with E-state index in [1.54, 1.807) is 36.2 Å². The van der Waals surface area contributed by atoms with E-state index >= 15 is 0 Å². The Morgan fingerprint density at radius 2 is 1.83 bits per heavy atom. The predicted octanol–water partition coefficient (Wildman–Crippen LogP) is 4.79. The van der Waals surface area contributed by atoms with Gasteiger partial charge in [-0.3, -0.25) is 14.7 Å². The summed E-state index contributed by atoms with van der Waals surface area (Å²) in [5, 5.41) is 3.99. The molecule has 0 spiro atoms. The van der Waals surface area contributed by atoms with Crippen LogP contribution in [0, 0.1) is 5.82 Å². The van der Waals surface area contributed by atoms with Crippen LogP contribution in [0.2, 0.25) is 5.02 Å². The van der Waals surface area contributed by atoms with Crippen LogP contribution in [0.25, 0.3) is 6.08 Å². The van der Waals surface area contributed by atoms with E-state index in [1.807, 2.05) is 23.1 Å². The summed E-state index contributed by atoms with van der Waals surface area (Å²) < 4.78 is 41.0. The molecule has 6 nitrogen and oxygen atoms in total. The molecule has 1 amide bonds. The van der Waals surface area contributed by atoms with Crippen molar-refractivity contribution in [1.29, 1.82) is 0 Å². The highest BCUT2D eigenvalue weighted by Gasteiger charge is 2.36. The van der Waals surface area contributed by atoms with Crippen LogP contribution in [0.1, 0.15) is 18.4 Å². The number of benzene rings is 2. The van der Waals surface area contributed by atoms with Crippen LogP contribution < -0.4 is 5.32 Å². The fraction of sp³-hybridized carbons (Fsp3) is 0.385. The number of carbonyl (C=O) groups excluding carboxylic acids is 1. The summed E-state index contributed by atoms with van der Waals surface area (Å²) in [6.45, 7) is 1.18. The number of carbonyl (C=O) groups is 1. The quantitative estimate of drug-likeness (QED) is 0.596. The molecule has 0 radical (unpaired) electrons. The molecule has 0 saturated carbocycles. The number of hydrogen-bond acceptors (Lipinski definition) is 4. The van der Waals surface area contributed by atoms with E-state index in [4.69, 9.17) is 11.6 Å². The Labute approximate surface area is 214 Å². The van der Waals surface area contributed by atoms with Crippen LogP contribution in [0.15, 0.2) is 59.3 Å². The van der Waals surface area contributed by atoms with Gasteiger partial charge in [0.2, 0.25) is 5.91 Å². The molecule has 1 N–H and O–H groups in total. The van der Waals surface area contributed by atoms with Gasteiger partial charge in [-0.05, 0) is 61.0 Å². The molecule has 36 heavy (non-hydrogen) atoms. The number of anilines is 1. The maximum atomic E-state index is 13.8. The van der Waals surface area contributed by atoms with Gasteiger partial charge < -0.3 is 15.1 Å². The van der Waals surface area contributed by atoms with Crippen LogP contribution in [-0.4, -0.2) is 78.7 Å². The Bertz CT molecular complexity index is 1120. The largest absolute Gasteiger partial charge is 0.342 e. The van der Waals surface area contributed by atoms with Crippen molar-refractivity contribution in [2.45, 2.75) is 18.8 Å². The number of halogens is 4. The molecule has 2 saturated heterocycles. The molecule has 4 rings (SSSR count). The summed E-state index contributed by atoms with van der Waals surface area (Å²) in [5.41, 5.74) is 1.58. The van der Waals surface area contributed by atoms with Crippen LogP contribution in [0.4, 0.5) is 18.9 Å². The number of amidine groups is 1. The summed E-state index contributed by atoms with van der Waals surface area (Å²) in [6, 6.07) is 13.4. The Kier molecular flexibility index (Phi) is 8.21. The van der Waals surface area contributed by atoms with Crippen molar-refractivity contribution in [2.75, 3.05) is 51.6 Å². The molecule has 2 aromatic rings. The topological polar surface area (TPSA) is 51.2 Å². The molecule has 0 unspecified atom stereocenters. The van der Waals surface area contributed by atoms with E-state index in [2.05, 4.69) is 10.3 Å². The lowest BCUT2D eigenvalue weighted by Crippen LogP contribution is -2.55. The van der Waals surface area contributed by atoms with Crippen LogP contribution in [0.5, 0.6) is 0 Å². The minimum atomic E-state index is -2.75.